The van der Waals surface area contributed by atoms with Crippen molar-refractivity contribution in [1.82, 2.24) is 9.80 Å². The molecule has 13 heteroatoms. The molecule has 2 saturated heterocycles. The van der Waals surface area contributed by atoms with Crippen LogP contribution in [0.25, 0.3) is 0 Å². The van der Waals surface area contributed by atoms with Crippen LogP contribution in [0, 0.1) is 0 Å². The molecule has 0 aromatic carbocycles. The number of carboxylic acid groups (broad SMARTS) is 2. The zero-order valence-corrected chi connectivity index (χ0v) is 16.7. The number of carbonyl (C=O) groups is 2. The Bertz CT molecular complexity index is 683. The normalized spacial score (nSPS) is 22.3. The van der Waals surface area contributed by atoms with Gasteiger partial charge in [0, 0.05) is 12.1 Å². The summed E-state index contributed by atoms with van der Waals surface area (Å²) in [5, 5.41) is 14.2. The van der Waals surface area contributed by atoms with Crippen LogP contribution in [0.1, 0.15) is 31.4 Å². The Morgan fingerprint density at radius 3 is 1.90 bits per heavy atom. The van der Waals surface area contributed by atoms with Crippen LogP contribution < -0.4 is 0 Å². The van der Waals surface area contributed by atoms with E-state index < -0.39 is 24.3 Å². The number of carboxylic acids is 2. The number of likely N-dealkylation sites (N-methyl/N-ethyl adjacent to an activating group) is 1. The van der Waals surface area contributed by atoms with Gasteiger partial charge in [0.1, 0.15) is 5.76 Å². The van der Waals surface area contributed by atoms with E-state index in [2.05, 4.69) is 22.9 Å². The lowest BCUT2D eigenvalue weighted by Gasteiger charge is -2.44. The number of nitrogens with zero attached hydrogens (tertiary/aromatic N) is 2. The van der Waals surface area contributed by atoms with Gasteiger partial charge in [-0.05, 0) is 58.0 Å². The third kappa shape index (κ3) is 8.77. The molecule has 0 radical (unpaired) electrons. The molecular formula is C18H24F6N2O5. The van der Waals surface area contributed by atoms with Crippen molar-refractivity contribution in [2.24, 2.45) is 0 Å². The third-order valence-corrected chi connectivity index (χ3v) is 5.02. The number of halogens is 6. The van der Waals surface area contributed by atoms with Crippen molar-refractivity contribution in [2.45, 2.75) is 50.1 Å². The van der Waals surface area contributed by atoms with Crippen molar-refractivity contribution in [3.8, 4) is 0 Å². The van der Waals surface area contributed by atoms with Crippen LogP contribution in [0.15, 0.2) is 22.8 Å². The minimum absolute atomic E-state index is 0.463. The van der Waals surface area contributed by atoms with E-state index >= 15 is 0 Å². The lowest BCUT2D eigenvalue weighted by atomic mass is 9.86. The second-order valence-corrected chi connectivity index (χ2v) is 7.25. The minimum atomic E-state index is -5.08. The van der Waals surface area contributed by atoms with Crippen molar-refractivity contribution >= 4 is 11.9 Å². The van der Waals surface area contributed by atoms with Crippen LogP contribution in [0.5, 0.6) is 0 Å². The fraction of sp³-hybridized carbons (Fsp3) is 0.667. The maximum Gasteiger partial charge on any atom is 0.490 e. The molecule has 2 aliphatic rings. The van der Waals surface area contributed by atoms with Gasteiger partial charge in [-0.1, -0.05) is 0 Å². The van der Waals surface area contributed by atoms with Crippen LogP contribution in [-0.2, 0) is 16.1 Å². The highest BCUT2D eigenvalue weighted by Gasteiger charge is 2.42. The fourth-order valence-electron chi connectivity index (χ4n) is 3.55. The highest BCUT2D eigenvalue weighted by Crippen LogP contribution is 2.36. The highest BCUT2D eigenvalue weighted by molar-refractivity contribution is 5.73. The number of piperidine rings is 1. The van der Waals surface area contributed by atoms with Gasteiger partial charge in [0.15, 0.2) is 0 Å². The SMILES string of the molecule is CN1CCCC12CCCN(Cc1ccco1)C2.O=C(O)C(F)(F)F.O=C(O)C(F)(F)F. The van der Waals surface area contributed by atoms with Crippen LogP contribution in [0.2, 0.25) is 0 Å². The Morgan fingerprint density at radius 2 is 1.52 bits per heavy atom. The summed E-state index contributed by atoms with van der Waals surface area (Å²) in [6.45, 7) is 4.68. The lowest BCUT2D eigenvalue weighted by molar-refractivity contribution is -0.193. The van der Waals surface area contributed by atoms with Gasteiger partial charge in [-0.25, -0.2) is 9.59 Å². The monoisotopic (exact) mass is 462 g/mol. The molecule has 2 N–H and O–H groups in total. The summed E-state index contributed by atoms with van der Waals surface area (Å²) < 4.78 is 68.9. The number of hydrogen-bond donors (Lipinski definition) is 2. The fourth-order valence-corrected chi connectivity index (χ4v) is 3.55. The molecule has 1 aromatic rings. The number of alkyl halides is 6. The molecule has 7 nitrogen and oxygen atoms in total. The van der Waals surface area contributed by atoms with Gasteiger partial charge in [-0.15, -0.1) is 0 Å². The molecule has 0 amide bonds. The van der Waals surface area contributed by atoms with Gasteiger partial charge in [0.05, 0.1) is 12.8 Å². The predicted octanol–water partition coefficient (Wildman–Crippen LogP) is 3.61. The van der Waals surface area contributed by atoms with E-state index in [9.17, 15) is 26.3 Å². The molecule has 1 atom stereocenters. The molecule has 0 bridgehead atoms. The number of likely N-dealkylation sites (tertiary alicyclic amines) is 2. The Hall–Kier alpha value is -2.28. The summed E-state index contributed by atoms with van der Waals surface area (Å²) in [5.74, 6) is -4.41. The first-order chi connectivity index (χ1) is 14.2. The standard InChI is InChI=1S/C14H22N2O.2C2HF3O2/c1-15-8-3-6-14(15)7-4-9-16(12-14)11-13-5-2-10-17-13;2*3-2(4,5)1(6)7/h2,5,10H,3-4,6-9,11-12H2,1H3;2*(H,6,7). The van der Waals surface area contributed by atoms with Crippen molar-refractivity contribution in [3.05, 3.63) is 24.2 Å². The molecule has 1 aromatic heterocycles. The second kappa shape index (κ2) is 10.8. The van der Waals surface area contributed by atoms with Gasteiger partial charge in [0.2, 0.25) is 0 Å². The summed E-state index contributed by atoms with van der Waals surface area (Å²) in [7, 11) is 2.30. The second-order valence-electron chi connectivity index (χ2n) is 7.25. The lowest BCUT2D eigenvalue weighted by Crippen LogP contribution is -2.53. The van der Waals surface area contributed by atoms with E-state index in [0.717, 1.165) is 12.3 Å². The quantitative estimate of drug-likeness (QED) is 0.649. The third-order valence-electron chi connectivity index (χ3n) is 5.02. The molecule has 3 heterocycles. The molecule has 2 fully saturated rings. The van der Waals surface area contributed by atoms with E-state index in [1.165, 1.54) is 45.3 Å². The van der Waals surface area contributed by atoms with Gasteiger partial charge in [-0.2, -0.15) is 26.3 Å². The Morgan fingerprint density at radius 1 is 1.03 bits per heavy atom. The summed E-state index contributed by atoms with van der Waals surface area (Å²) in [6.07, 6.45) is -2.96. The van der Waals surface area contributed by atoms with Crippen molar-refractivity contribution in [3.63, 3.8) is 0 Å². The van der Waals surface area contributed by atoms with Crippen molar-refractivity contribution < 1.29 is 50.6 Å². The average molecular weight is 462 g/mol. The van der Waals surface area contributed by atoms with E-state index in [-0.39, 0.29) is 0 Å². The topological polar surface area (TPSA) is 94.2 Å². The molecule has 0 saturated carbocycles. The Kier molecular flexibility index (Phi) is 9.36. The molecular weight excluding hydrogens is 438 g/mol. The molecule has 2 aliphatic heterocycles. The van der Waals surface area contributed by atoms with Crippen molar-refractivity contribution in [1.29, 1.82) is 0 Å². The Balaban J connectivity index is 0.000000288. The maximum atomic E-state index is 10.6. The first kappa shape index (κ1) is 26.8. The van der Waals surface area contributed by atoms with Crippen LogP contribution in [0.3, 0.4) is 0 Å². The summed E-state index contributed by atoms with van der Waals surface area (Å²) in [4.78, 5) is 22.9. The summed E-state index contributed by atoms with van der Waals surface area (Å²) in [6, 6.07) is 4.07. The van der Waals surface area contributed by atoms with Crippen LogP contribution in [-0.4, -0.2) is 76.5 Å². The van der Waals surface area contributed by atoms with Gasteiger partial charge < -0.3 is 14.6 Å². The average Bonchev–Trinajstić information content (AvgIpc) is 3.25. The van der Waals surface area contributed by atoms with Gasteiger partial charge >= 0.3 is 24.3 Å². The first-order valence-corrected chi connectivity index (χ1v) is 9.23. The largest absolute Gasteiger partial charge is 0.490 e. The first-order valence-electron chi connectivity index (χ1n) is 9.23. The molecule has 31 heavy (non-hydrogen) atoms. The summed E-state index contributed by atoms with van der Waals surface area (Å²) in [5.41, 5.74) is 0.463. The van der Waals surface area contributed by atoms with Gasteiger partial charge in [-0.3, -0.25) is 9.80 Å². The van der Waals surface area contributed by atoms with Crippen LogP contribution >= 0.6 is 0 Å². The minimum Gasteiger partial charge on any atom is -0.475 e. The highest BCUT2D eigenvalue weighted by atomic mass is 19.4. The summed E-state index contributed by atoms with van der Waals surface area (Å²) >= 11 is 0. The van der Waals surface area contributed by atoms with E-state index in [0.29, 0.717) is 5.54 Å². The van der Waals surface area contributed by atoms with Gasteiger partial charge in [0.25, 0.3) is 0 Å². The number of furan rings is 1. The van der Waals surface area contributed by atoms with E-state index in [1.54, 1.807) is 6.26 Å². The molecule has 178 valence electrons. The van der Waals surface area contributed by atoms with Crippen molar-refractivity contribution in [2.75, 3.05) is 26.7 Å². The number of aliphatic carboxylic acids is 2. The Labute approximate surface area is 174 Å². The number of rotatable bonds is 2. The smallest absolute Gasteiger partial charge is 0.475 e. The van der Waals surface area contributed by atoms with E-state index in [1.807, 2.05) is 6.07 Å². The maximum absolute atomic E-state index is 10.6. The van der Waals surface area contributed by atoms with Crippen LogP contribution in [0.4, 0.5) is 26.3 Å². The predicted molar refractivity (Wildman–Crippen MR) is 95.2 cm³/mol. The molecule has 0 aliphatic carbocycles. The van der Waals surface area contributed by atoms with E-state index in [4.69, 9.17) is 24.2 Å². The zero-order chi connectivity index (χ0) is 23.9. The molecule has 1 unspecified atom stereocenters. The molecule has 1 spiro atoms. The zero-order valence-electron chi connectivity index (χ0n) is 16.7. The molecule has 3 rings (SSSR count). The number of hydrogen-bond acceptors (Lipinski definition) is 5.